The summed E-state index contributed by atoms with van der Waals surface area (Å²) in [4.78, 5) is 4.90. The van der Waals surface area contributed by atoms with Gasteiger partial charge in [-0.05, 0) is 62.8 Å². The number of thioether (sulfide) groups is 1. The van der Waals surface area contributed by atoms with Crippen molar-refractivity contribution >= 4 is 22.9 Å². The Hall–Kier alpha value is -6.82. The molecule has 3 heterocycles. The van der Waals surface area contributed by atoms with Crippen molar-refractivity contribution in [2.75, 3.05) is 13.2 Å². The normalized spacial score (nSPS) is 22.9. The minimum Gasteiger partial charge on any atom is -0.431 e. The van der Waals surface area contributed by atoms with Gasteiger partial charge in [0.2, 0.25) is 0 Å². The third-order valence-electron chi connectivity index (χ3n) is 14.2. The summed E-state index contributed by atoms with van der Waals surface area (Å²) in [6.45, 7) is 2.08. The van der Waals surface area contributed by atoms with Gasteiger partial charge in [-0.2, -0.15) is 0 Å². The van der Waals surface area contributed by atoms with Crippen molar-refractivity contribution in [3.8, 4) is 0 Å². The molecular formula is C68H67NO11S. The number of rotatable bonds is 27. The number of nitrogens with zero attached hydrogens (tertiary/aromatic N) is 1. The van der Waals surface area contributed by atoms with E-state index in [1.165, 1.54) is 11.8 Å². The third-order valence-corrected chi connectivity index (χ3v) is 15.2. The molecule has 81 heavy (non-hydrogen) atoms. The maximum atomic E-state index is 7.34. The predicted octanol–water partition coefficient (Wildman–Crippen LogP) is 13.1. The van der Waals surface area contributed by atoms with E-state index in [0.29, 0.717) is 24.0 Å². The maximum absolute atomic E-state index is 7.34. The van der Waals surface area contributed by atoms with Crippen molar-refractivity contribution in [2.45, 2.75) is 112 Å². The molecule has 12 nitrogen and oxygen atoms in total. The summed E-state index contributed by atoms with van der Waals surface area (Å²) >= 11 is 1.34. The topological polar surface area (TPSA) is 118 Å². The molecule has 0 radical (unpaired) electrons. The number of benzene rings is 8. The molecule has 0 aliphatic carbocycles. The van der Waals surface area contributed by atoms with Gasteiger partial charge in [0.15, 0.2) is 11.9 Å². The minimum absolute atomic E-state index is 0.0327. The second kappa shape index (κ2) is 29.2. The zero-order valence-corrected chi connectivity index (χ0v) is 45.8. The standard InChI is InChI=1S/C68H67NO11S/c1-8-24-49(25-9-1)40-70-47-58-60(71-41-50-26-10-2-11-27-50)62(73-43-52-30-14-4-15-31-52)64(75-45-54-34-18-6-19-35-54)66(78-58)77-48-59-61(72-42-51-28-12-3-13-29-51)63(74-44-53-32-16-5-17-33-53)65(76-46-55-36-20-7-21-37-55)67(79-59)81-68-69-56-38-22-23-39-57(56)80-68/h1-39,58-67H,40-48H2/t58-,59-,60-,61-,62+,63+,64-,65-,66?,67+/m1/s1. The van der Waals surface area contributed by atoms with Crippen molar-refractivity contribution in [3.63, 3.8) is 0 Å². The van der Waals surface area contributed by atoms with Crippen molar-refractivity contribution < 1.29 is 51.8 Å². The summed E-state index contributed by atoms with van der Waals surface area (Å²) in [6.07, 6.45) is -6.89. The monoisotopic (exact) mass is 1110 g/mol. The van der Waals surface area contributed by atoms with Crippen LogP contribution in [0.15, 0.2) is 246 Å². The number of para-hydroxylation sites is 2. The molecule has 1 unspecified atom stereocenters. The van der Waals surface area contributed by atoms with Crippen LogP contribution in [-0.2, 0) is 93.6 Å². The van der Waals surface area contributed by atoms with Gasteiger partial charge in [-0.3, -0.25) is 0 Å². The summed E-state index contributed by atoms with van der Waals surface area (Å²) in [5.41, 5.74) is 7.60. The highest BCUT2D eigenvalue weighted by atomic mass is 32.2. The Morgan fingerprint density at radius 2 is 0.667 bits per heavy atom. The lowest BCUT2D eigenvalue weighted by molar-refractivity contribution is -0.337. The van der Waals surface area contributed by atoms with Gasteiger partial charge >= 0.3 is 0 Å². The highest BCUT2D eigenvalue weighted by molar-refractivity contribution is 7.99. The smallest absolute Gasteiger partial charge is 0.259 e. The first kappa shape index (κ1) is 56.1. The second-order valence-corrected chi connectivity index (χ2v) is 21.1. The van der Waals surface area contributed by atoms with Gasteiger partial charge in [-0.1, -0.05) is 224 Å². The average molecular weight is 1110 g/mol. The lowest BCUT2D eigenvalue weighted by Crippen LogP contribution is -2.63. The molecule has 13 heteroatoms. The Morgan fingerprint density at radius 1 is 0.321 bits per heavy atom. The number of aromatic nitrogens is 1. The Bertz CT molecular complexity index is 3170. The number of fused-ring (bicyclic) bond motifs is 1. The number of hydrogen-bond donors (Lipinski definition) is 0. The molecule has 0 saturated carbocycles. The van der Waals surface area contributed by atoms with Crippen LogP contribution in [-0.4, -0.2) is 78.8 Å². The Balaban J connectivity index is 0.963. The van der Waals surface area contributed by atoms with Crippen LogP contribution in [0.4, 0.5) is 0 Å². The second-order valence-electron chi connectivity index (χ2n) is 20.1. The summed E-state index contributed by atoms with van der Waals surface area (Å²) in [6, 6.07) is 78.3. The van der Waals surface area contributed by atoms with Crippen LogP contribution >= 0.6 is 11.8 Å². The van der Waals surface area contributed by atoms with Crippen molar-refractivity contribution in [3.05, 3.63) is 276 Å². The minimum atomic E-state index is -1.03. The van der Waals surface area contributed by atoms with Gasteiger partial charge in [0.25, 0.3) is 5.22 Å². The first-order valence-corrected chi connectivity index (χ1v) is 28.5. The van der Waals surface area contributed by atoms with Gasteiger partial charge in [0.1, 0.15) is 59.8 Å². The third kappa shape index (κ3) is 15.8. The van der Waals surface area contributed by atoms with Gasteiger partial charge in [0, 0.05) is 0 Å². The van der Waals surface area contributed by atoms with Crippen LogP contribution in [0.25, 0.3) is 11.1 Å². The molecule has 0 N–H and O–H groups in total. The van der Waals surface area contributed by atoms with Gasteiger partial charge < -0.3 is 51.8 Å². The van der Waals surface area contributed by atoms with E-state index in [1.807, 2.05) is 237 Å². The van der Waals surface area contributed by atoms with Crippen molar-refractivity contribution in [1.29, 1.82) is 0 Å². The Kier molecular flexibility index (Phi) is 20.2. The summed E-state index contributed by atoms with van der Waals surface area (Å²) in [5.74, 6) is 0. The van der Waals surface area contributed by atoms with Crippen molar-refractivity contribution in [1.82, 2.24) is 4.98 Å². The first-order valence-electron chi connectivity index (χ1n) is 27.6. The molecule has 1 aromatic heterocycles. The summed E-state index contributed by atoms with van der Waals surface area (Å²) < 4.78 is 77.1. The van der Waals surface area contributed by atoms with E-state index in [2.05, 4.69) is 0 Å². The van der Waals surface area contributed by atoms with Crippen LogP contribution in [0.2, 0.25) is 0 Å². The highest BCUT2D eigenvalue weighted by Crippen LogP contribution is 2.40. The molecule has 11 rings (SSSR count). The fourth-order valence-electron chi connectivity index (χ4n) is 10.0. The SMILES string of the molecule is c1ccc(COC[C@H]2OC(OC[C@H]3O[C@@H](Sc4nc5ccccc5o4)[C@H](OCc4ccccc4)[C@@H](OCc4ccccc4)[C@@H]3OCc3ccccc3)[C@H](OCc3ccccc3)[C@@H](OCc3ccccc3)[C@@H]2OCc2ccccc2)cc1. The fourth-order valence-corrected chi connectivity index (χ4v) is 11.1. The van der Waals surface area contributed by atoms with Crippen LogP contribution in [0.1, 0.15) is 38.9 Å². The maximum Gasteiger partial charge on any atom is 0.259 e. The Morgan fingerprint density at radius 3 is 1.10 bits per heavy atom. The molecule has 416 valence electrons. The Labute approximate surface area is 478 Å². The fraction of sp³-hybridized carbons (Fsp3) is 0.279. The predicted molar refractivity (Wildman–Crippen MR) is 309 cm³/mol. The number of oxazole rings is 1. The molecule has 0 spiro atoms. The molecule has 10 atom stereocenters. The zero-order valence-electron chi connectivity index (χ0n) is 45.0. The lowest BCUT2D eigenvalue weighted by Gasteiger charge is -2.48. The van der Waals surface area contributed by atoms with E-state index in [9.17, 15) is 0 Å². The summed E-state index contributed by atoms with van der Waals surface area (Å²) in [5, 5.41) is 0.419. The van der Waals surface area contributed by atoms with E-state index >= 15 is 0 Å². The van der Waals surface area contributed by atoms with Crippen LogP contribution in [0.5, 0.6) is 0 Å². The van der Waals surface area contributed by atoms with Gasteiger partial charge in [0.05, 0.1) is 59.5 Å². The van der Waals surface area contributed by atoms with Crippen LogP contribution < -0.4 is 0 Å². The molecule has 2 aliphatic heterocycles. The summed E-state index contributed by atoms with van der Waals surface area (Å²) in [7, 11) is 0. The van der Waals surface area contributed by atoms with E-state index < -0.39 is 60.6 Å². The quantitative estimate of drug-likeness (QED) is 0.0487. The van der Waals surface area contributed by atoms with Crippen LogP contribution in [0.3, 0.4) is 0 Å². The molecule has 8 aromatic carbocycles. The number of hydrogen-bond acceptors (Lipinski definition) is 13. The largest absolute Gasteiger partial charge is 0.431 e. The molecule has 2 fully saturated rings. The molecule has 9 aromatic rings. The number of ether oxygens (including phenoxy) is 10. The highest BCUT2D eigenvalue weighted by Gasteiger charge is 2.52. The van der Waals surface area contributed by atoms with Crippen molar-refractivity contribution in [2.24, 2.45) is 0 Å². The van der Waals surface area contributed by atoms with Gasteiger partial charge in [-0.25, -0.2) is 4.98 Å². The van der Waals surface area contributed by atoms with E-state index in [4.69, 9.17) is 56.8 Å². The molecule has 2 saturated heterocycles. The van der Waals surface area contributed by atoms with E-state index in [1.54, 1.807) is 0 Å². The van der Waals surface area contributed by atoms with E-state index in [-0.39, 0.29) is 46.2 Å². The van der Waals surface area contributed by atoms with Crippen LogP contribution in [0, 0.1) is 0 Å². The lowest BCUT2D eigenvalue weighted by atomic mass is 9.97. The molecule has 0 amide bonds. The van der Waals surface area contributed by atoms with Gasteiger partial charge in [-0.15, -0.1) is 0 Å². The van der Waals surface area contributed by atoms with E-state index in [0.717, 1.165) is 44.5 Å². The molecular weight excluding hydrogens is 1040 g/mol. The first-order chi connectivity index (χ1) is 40.1. The zero-order chi connectivity index (χ0) is 54.7. The average Bonchev–Trinajstić information content (AvgIpc) is 3.98. The molecule has 2 aliphatic rings. The molecule has 0 bridgehead atoms.